The molecule has 0 atom stereocenters. The van der Waals surface area contributed by atoms with Crippen molar-refractivity contribution in [2.75, 3.05) is 7.05 Å². The molecule has 0 saturated carbocycles. The zero-order chi connectivity index (χ0) is 13.8. The first kappa shape index (κ1) is 15.3. The lowest BCUT2D eigenvalue weighted by Crippen LogP contribution is -2.04. The molecule has 0 aliphatic carbocycles. The van der Waals surface area contributed by atoms with Gasteiger partial charge >= 0.3 is 0 Å². The highest BCUT2D eigenvalue weighted by Gasteiger charge is 2.15. The van der Waals surface area contributed by atoms with Gasteiger partial charge in [-0.1, -0.05) is 60.7 Å². The number of nitrogens with one attached hydrogen (secondary N) is 1. The number of oxazole rings is 1. The Labute approximate surface area is 130 Å². The molecule has 21 heavy (non-hydrogen) atoms. The summed E-state index contributed by atoms with van der Waals surface area (Å²) in [6.07, 6.45) is 0. The zero-order valence-corrected chi connectivity index (χ0v) is 12.6. The summed E-state index contributed by atoms with van der Waals surface area (Å²) in [7, 11) is 1.88. The standard InChI is InChI=1S/C17H16N2O.ClH/c1-18-12-15-19-16(13-8-4-2-5-9-13)17(20-15)14-10-6-3-7-11-14;/h2-11,18H,12H2,1H3;1H. The van der Waals surface area contributed by atoms with Crippen LogP contribution in [0.2, 0.25) is 0 Å². The predicted octanol–water partition coefficient (Wildman–Crippen LogP) is 4.15. The molecule has 0 radical (unpaired) electrons. The van der Waals surface area contributed by atoms with Crippen molar-refractivity contribution in [2.24, 2.45) is 0 Å². The lowest BCUT2D eigenvalue weighted by Gasteiger charge is -2.00. The van der Waals surface area contributed by atoms with Gasteiger partial charge in [0.25, 0.3) is 0 Å². The van der Waals surface area contributed by atoms with Crippen LogP contribution in [0, 0.1) is 0 Å². The first-order chi connectivity index (χ1) is 9.88. The summed E-state index contributed by atoms with van der Waals surface area (Å²) in [5.74, 6) is 1.52. The minimum Gasteiger partial charge on any atom is -0.439 e. The molecule has 0 aliphatic heterocycles. The van der Waals surface area contributed by atoms with E-state index in [9.17, 15) is 0 Å². The highest BCUT2D eigenvalue weighted by Crippen LogP contribution is 2.32. The minimum absolute atomic E-state index is 0. The molecule has 0 aliphatic rings. The van der Waals surface area contributed by atoms with E-state index < -0.39 is 0 Å². The molecule has 0 bridgehead atoms. The topological polar surface area (TPSA) is 38.1 Å². The molecular weight excluding hydrogens is 284 g/mol. The van der Waals surface area contributed by atoms with Gasteiger partial charge in [-0.25, -0.2) is 4.98 Å². The lowest BCUT2D eigenvalue weighted by molar-refractivity contribution is 0.491. The van der Waals surface area contributed by atoms with Crippen LogP contribution in [0.5, 0.6) is 0 Å². The Morgan fingerprint density at radius 2 is 1.48 bits per heavy atom. The summed E-state index contributed by atoms with van der Waals surface area (Å²) in [5.41, 5.74) is 3.00. The van der Waals surface area contributed by atoms with Crippen molar-refractivity contribution in [3.8, 4) is 22.6 Å². The van der Waals surface area contributed by atoms with Gasteiger partial charge in [0.05, 0.1) is 6.54 Å². The Hall–Kier alpha value is -2.10. The Balaban J connectivity index is 0.00000161. The maximum Gasteiger partial charge on any atom is 0.209 e. The van der Waals surface area contributed by atoms with Crippen LogP contribution < -0.4 is 5.32 Å². The average Bonchev–Trinajstić information content (AvgIpc) is 2.93. The van der Waals surface area contributed by atoms with E-state index in [0.29, 0.717) is 12.4 Å². The Kier molecular flexibility index (Phi) is 5.14. The van der Waals surface area contributed by atoms with Crippen LogP contribution >= 0.6 is 12.4 Å². The smallest absolute Gasteiger partial charge is 0.209 e. The largest absolute Gasteiger partial charge is 0.439 e. The fourth-order valence-corrected chi connectivity index (χ4v) is 2.17. The second kappa shape index (κ2) is 7.07. The van der Waals surface area contributed by atoms with Gasteiger partial charge in [-0.15, -0.1) is 12.4 Å². The van der Waals surface area contributed by atoms with E-state index in [1.165, 1.54) is 0 Å². The van der Waals surface area contributed by atoms with Gasteiger partial charge in [-0.3, -0.25) is 0 Å². The zero-order valence-electron chi connectivity index (χ0n) is 11.7. The fraction of sp³-hybridized carbons (Fsp3) is 0.118. The second-order valence-electron chi connectivity index (χ2n) is 4.55. The molecule has 108 valence electrons. The van der Waals surface area contributed by atoms with E-state index in [4.69, 9.17) is 4.42 Å². The predicted molar refractivity (Wildman–Crippen MR) is 87.4 cm³/mol. The van der Waals surface area contributed by atoms with E-state index in [1.54, 1.807) is 0 Å². The normalized spacial score (nSPS) is 10.1. The number of nitrogens with zero attached hydrogens (tertiary/aromatic N) is 1. The van der Waals surface area contributed by atoms with Crippen molar-refractivity contribution in [3.63, 3.8) is 0 Å². The molecule has 0 spiro atoms. The SMILES string of the molecule is CNCc1nc(-c2ccccc2)c(-c2ccccc2)o1.Cl. The quantitative estimate of drug-likeness (QED) is 0.786. The number of aromatic nitrogens is 1. The van der Waals surface area contributed by atoms with E-state index in [1.807, 2.05) is 67.7 Å². The third-order valence-corrected chi connectivity index (χ3v) is 3.08. The van der Waals surface area contributed by atoms with Crippen LogP contribution in [0.4, 0.5) is 0 Å². The van der Waals surface area contributed by atoms with E-state index in [-0.39, 0.29) is 12.4 Å². The number of hydrogen-bond donors (Lipinski definition) is 1. The second-order valence-corrected chi connectivity index (χ2v) is 4.55. The molecule has 0 fully saturated rings. The van der Waals surface area contributed by atoms with Gasteiger partial charge in [-0.2, -0.15) is 0 Å². The molecule has 3 aromatic rings. The number of hydrogen-bond acceptors (Lipinski definition) is 3. The van der Waals surface area contributed by atoms with Crippen molar-refractivity contribution in [1.82, 2.24) is 10.3 Å². The van der Waals surface area contributed by atoms with Crippen LogP contribution in [0.15, 0.2) is 65.1 Å². The van der Waals surface area contributed by atoms with Gasteiger partial charge < -0.3 is 9.73 Å². The van der Waals surface area contributed by atoms with Crippen LogP contribution in [-0.2, 0) is 6.54 Å². The molecule has 3 nitrogen and oxygen atoms in total. The van der Waals surface area contributed by atoms with E-state index in [0.717, 1.165) is 22.6 Å². The highest BCUT2D eigenvalue weighted by atomic mass is 35.5. The summed E-state index contributed by atoms with van der Waals surface area (Å²) in [4.78, 5) is 4.62. The van der Waals surface area contributed by atoms with Crippen LogP contribution in [-0.4, -0.2) is 12.0 Å². The molecule has 4 heteroatoms. The van der Waals surface area contributed by atoms with Crippen molar-refractivity contribution >= 4 is 12.4 Å². The van der Waals surface area contributed by atoms with Gasteiger partial charge in [0.2, 0.25) is 5.89 Å². The van der Waals surface area contributed by atoms with Crippen molar-refractivity contribution < 1.29 is 4.42 Å². The average molecular weight is 301 g/mol. The van der Waals surface area contributed by atoms with Gasteiger partial charge in [0, 0.05) is 11.1 Å². The summed E-state index contributed by atoms with van der Waals surface area (Å²) >= 11 is 0. The molecule has 0 amide bonds. The van der Waals surface area contributed by atoms with Crippen molar-refractivity contribution in [1.29, 1.82) is 0 Å². The molecular formula is C17H17ClN2O. The van der Waals surface area contributed by atoms with Gasteiger partial charge in [0.15, 0.2) is 5.76 Å². The molecule has 0 saturated heterocycles. The monoisotopic (exact) mass is 300 g/mol. The highest BCUT2D eigenvalue weighted by molar-refractivity contribution is 5.85. The summed E-state index contributed by atoms with van der Waals surface area (Å²) in [6.45, 7) is 0.618. The lowest BCUT2D eigenvalue weighted by atomic mass is 10.1. The van der Waals surface area contributed by atoms with E-state index >= 15 is 0 Å². The Morgan fingerprint density at radius 1 is 0.905 bits per heavy atom. The fourth-order valence-electron chi connectivity index (χ4n) is 2.17. The van der Waals surface area contributed by atoms with Crippen molar-refractivity contribution in [2.45, 2.75) is 6.54 Å². The Morgan fingerprint density at radius 3 is 2.05 bits per heavy atom. The van der Waals surface area contributed by atoms with Gasteiger partial charge in [-0.05, 0) is 7.05 Å². The minimum atomic E-state index is 0. The molecule has 1 N–H and O–H groups in total. The van der Waals surface area contributed by atoms with E-state index in [2.05, 4.69) is 10.3 Å². The molecule has 2 aromatic carbocycles. The van der Waals surface area contributed by atoms with Crippen LogP contribution in [0.25, 0.3) is 22.6 Å². The molecule has 1 heterocycles. The summed E-state index contributed by atoms with van der Waals surface area (Å²) in [6, 6.07) is 20.2. The van der Waals surface area contributed by atoms with Crippen molar-refractivity contribution in [3.05, 3.63) is 66.6 Å². The summed E-state index contributed by atoms with van der Waals surface area (Å²) < 4.78 is 5.92. The third-order valence-electron chi connectivity index (χ3n) is 3.08. The van der Waals surface area contributed by atoms with Gasteiger partial charge in [0.1, 0.15) is 5.69 Å². The van der Waals surface area contributed by atoms with Crippen LogP contribution in [0.1, 0.15) is 5.89 Å². The number of halogens is 1. The first-order valence-electron chi connectivity index (χ1n) is 6.63. The first-order valence-corrected chi connectivity index (χ1v) is 6.63. The maximum absolute atomic E-state index is 5.92. The molecule has 3 rings (SSSR count). The maximum atomic E-state index is 5.92. The third kappa shape index (κ3) is 3.32. The molecule has 0 unspecified atom stereocenters. The summed E-state index contributed by atoms with van der Waals surface area (Å²) in [5, 5.41) is 3.07. The van der Waals surface area contributed by atoms with Crippen LogP contribution in [0.3, 0.4) is 0 Å². The molecule has 1 aromatic heterocycles. The number of rotatable bonds is 4. The number of benzene rings is 2. The Bertz CT molecular complexity index is 624.